The molecule has 2 heterocycles. The Balaban J connectivity index is 1.59. The first-order chi connectivity index (χ1) is 13.0. The standard InChI is InChI=1S/C19H26N4O3S/c1-2-18-20-10-14-21(18)13-9-19(24)22-11-6-12-23(16-15-22)27(25,26)17-7-4-3-5-8-17/h3-5,7-8,10,14H,2,6,9,11-13,15-16H2,1H3. The van der Waals surface area contributed by atoms with Gasteiger partial charge in [-0.3, -0.25) is 4.79 Å². The van der Waals surface area contributed by atoms with Crippen molar-refractivity contribution in [2.24, 2.45) is 0 Å². The molecule has 1 aliphatic heterocycles. The quantitative estimate of drug-likeness (QED) is 0.753. The van der Waals surface area contributed by atoms with Gasteiger partial charge in [0.15, 0.2) is 0 Å². The lowest BCUT2D eigenvalue weighted by molar-refractivity contribution is -0.131. The lowest BCUT2D eigenvalue weighted by Crippen LogP contribution is -2.37. The number of carbonyl (C=O) groups excluding carboxylic acids is 1. The van der Waals surface area contributed by atoms with Crippen LogP contribution in [0, 0.1) is 0 Å². The molecular formula is C19H26N4O3S. The van der Waals surface area contributed by atoms with Gasteiger partial charge in [0.25, 0.3) is 0 Å². The number of benzene rings is 1. The molecule has 0 saturated carbocycles. The van der Waals surface area contributed by atoms with Crippen LogP contribution in [0.3, 0.4) is 0 Å². The van der Waals surface area contributed by atoms with Gasteiger partial charge in [-0.05, 0) is 18.6 Å². The molecule has 1 aliphatic rings. The summed E-state index contributed by atoms with van der Waals surface area (Å²) in [5.74, 6) is 1.03. The molecule has 1 fully saturated rings. The fraction of sp³-hybridized carbons (Fsp3) is 0.474. The van der Waals surface area contributed by atoms with Crippen LogP contribution in [0.15, 0.2) is 47.6 Å². The van der Waals surface area contributed by atoms with E-state index in [0.29, 0.717) is 50.5 Å². The number of imidazole rings is 1. The van der Waals surface area contributed by atoms with Gasteiger partial charge in [-0.25, -0.2) is 13.4 Å². The molecule has 1 aromatic carbocycles. The summed E-state index contributed by atoms with van der Waals surface area (Å²) < 4.78 is 29.0. The molecule has 7 nitrogen and oxygen atoms in total. The molecule has 0 aliphatic carbocycles. The second-order valence-electron chi connectivity index (χ2n) is 6.59. The molecule has 27 heavy (non-hydrogen) atoms. The second kappa shape index (κ2) is 8.67. The number of carbonyl (C=O) groups is 1. The Labute approximate surface area is 160 Å². The predicted molar refractivity (Wildman–Crippen MR) is 103 cm³/mol. The molecule has 0 bridgehead atoms. The highest BCUT2D eigenvalue weighted by Gasteiger charge is 2.27. The molecule has 0 N–H and O–H groups in total. The maximum absolute atomic E-state index is 12.8. The van der Waals surface area contributed by atoms with Crippen molar-refractivity contribution in [1.82, 2.24) is 18.8 Å². The third-order valence-corrected chi connectivity index (χ3v) is 6.79. The Morgan fingerprint density at radius 3 is 2.63 bits per heavy atom. The van der Waals surface area contributed by atoms with Crippen LogP contribution in [0.25, 0.3) is 0 Å². The molecule has 2 aromatic rings. The number of aryl methyl sites for hydroxylation is 2. The van der Waals surface area contributed by atoms with E-state index in [1.54, 1.807) is 41.4 Å². The van der Waals surface area contributed by atoms with Crippen LogP contribution < -0.4 is 0 Å². The molecule has 3 rings (SSSR count). The monoisotopic (exact) mass is 390 g/mol. The van der Waals surface area contributed by atoms with E-state index in [4.69, 9.17) is 0 Å². The highest BCUT2D eigenvalue weighted by molar-refractivity contribution is 7.89. The molecule has 1 amide bonds. The third kappa shape index (κ3) is 4.56. The van der Waals surface area contributed by atoms with Crippen molar-refractivity contribution in [3.63, 3.8) is 0 Å². The van der Waals surface area contributed by atoms with E-state index in [1.165, 1.54) is 4.31 Å². The molecule has 0 unspecified atom stereocenters. The summed E-state index contributed by atoms with van der Waals surface area (Å²) >= 11 is 0. The minimum atomic E-state index is -3.51. The van der Waals surface area contributed by atoms with E-state index in [2.05, 4.69) is 4.98 Å². The summed E-state index contributed by atoms with van der Waals surface area (Å²) in [6, 6.07) is 8.47. The van der Waals surface area contributed by atoms with Gasteiger partial charge < -0.3 is 9.47 Å². The summed E-state index contributed by atoms with van der Waals surface area (Å²) in [4.78, 5) is 19.0. The van der Waals surface area contributed by atoms with E-state index < -0.39 is 10.0 Å². The molecule has 0 radical (unpaired) electrons. The number of aromatic nitrogens is 2. The van der Waals surface area contributed by atoms with Gasteiger partial charge >= 0.3 is 0 Å². The van der Waals surface area contributed by atoms with Gasteiger partial charge in [0, 0.05) is 58.0 Å². The zero-order valence-electron chi connectivity index (χ0n) is 15.6. The van der Waals surface area contributed by atoms with Crippen molar-refractivity contribution in [2.45, 2.75) is 37.6 Å². The number of amides is 1. The van der Waals surface area contributed by atoms with Gasteiger partial charge in [0.05, 0.1) is 4.90 Å². The fourth-order valence-corrected chi connectivity index (χ4v) is 4.85. The molecule has 1 aromatic heterocycles. The Morgan fingerprint density at radius 1 is 1.11 bits per heavy atom. The molecule has 8 heteroatoms. The molecule has 0 atom stereocenters. The average Bonchev–Trinajstić information content (AvgIpc) is 2.99. The zero-order chi connectivity index (χ0) is 19.3. The average molecular weight is 391 g/mol. The Kier molecular flexibility index (Phi) is 6.28. The second-order valence-corrected chi connectivity index (χ2v) is 8.53. The van der Waals surface area contributed by atoms with E-state index in [0.717, 1.165) is 12.2 Å². The van der Waals surface area contributed by atoms with E-state index in [1.807, 2.05) is 17.7 Å². The van der Waals surface area contributed by atoms with Crippen LogP contribution in [0.1, 0.15) is 25.6 Å². The Morgan fingerprint density at radius 2 is 1.89 bits per heavy atom. The minimum Gasteiger partial charge on any atom is -0.341 e. The lowest BCUT2D eigenvalue weighted by atomic mass is 10.3. The Hall–Kier alpha value is -2.19. The highest BCUT2D eigenvalue weighted by atomic mass is 32.2. The van der Waals surface area contributed by atoms with Crippen molar-refractivity contribution in [1.29, 1.82) is 0 Å². The van der Waals surface area contributed by atoms with Crippen molar-refractivity contribution < 1.29 is 13.2 Å². The van der Waals surface area contributed by atoms with Crippen molar-refractivity contribution in [3.8, 4) is 0 Å². The van der Waals surface area contributed by atoms with E-state index in [9.17, 15) is 13.2 Å². The fourth-order valence-electron chi connectivity index (χ4n) is 3.36. The molecule has 146 valence electrons. The van der Waals surface area contributed by atoms with Crippen LogP contribution in [-0.4, -0.2) is 59.3 Å². The highest BCUT2D eigenvalue weighted by Crippen LogP contribution is 2.17. The summed E-state index contributed by atoms with van der Waals surface area (Å²) in [7, 11) is -3.51. The van der Waals surface area contributed by atoms with E-state index >= 15 is 0 Å². The van der Waals surface area contributed by atoms with Crippen LogP contribution in [0.2, 0.25) is 0 Å². The minimum absolute atomic E-state index is 0.0599. The normalized spacial score (nSPS) is 16.3. The number of sulfonamides is 1. The number of hydrogen-bond donors (Lipinski definition) is 0. The first-order valence-electron chi connectivity index (χ1n) is 9.35. The van der Waals surface area contributed by atoms with Crippen molar-refractivity contribution in [3.05, 3.63) is 48.5 Å². The molecule has 1 saturated heterocycles. The topological polar surface area (TPSA) is 75.5 Å². The first kappa shape index (κ1) is 19.6. The SMILES string of the molecule is CCc1nccn1CCC(=O)N1CCCN(S(=O)(=O)c2ccccc2)CC1. The summed E-state index contributed by atoms with van der Waals surface area (Å²) in [5, 5.41) is 0. The summed E-state index contributed by atoms with van der Waals surface area (Å²) in [6.45, 7) is 4.41. The van der Waals surface area contributed by atoms with Crippen LogP contribution >= 0.6 is 0 Å². The summed E-state index contributed by atoms with van der Waals surface area (Å²) in [6.07, 6.45) is 5.51. The first-order valence-corrected chi connectivity index (χ1v) is 10.8. The van der Waals surface area contributed by atoms with E-state index in [-0.39, 0.29) is 5.91 Å². The van der Waals surface area contributed by atoms with Gasteiger partial charge in [0.2, 0.25) is 15.9 Å². The van der Waals surface area contributed by atoms with Gasteiger partial charge in [-0.2, -0.15) is 4.31 Å². The molecular weight excluding hydrogens is 364 g/mol. The largest absolute Gasteiger partial charge is 0.341 e. The third-order valence-electron chi connectivity index (χ3n) is 4.87. The number of nitrogens with zero attached hydrogens (tertiary/aromatic N) is 4. The van der Waals surface area contributed by atoms with Crippen molar-refractivity contribution >= 4 is 15.9 Å². The smallest absolute Gasteiger partial charge is 0.243 e. The lowest BCUT2D eigenvalue weighted by Gasteiger charge is -2.22. The van der Waals surface area contributed by atoms with Gasteiger partial charge in [-0.15, -0.1) is 0 Å². The summed E-state index contributed by atoms with van der Waals surface area (Å²) in [5.41, 5.74) is 0. The van der Waals surface area contributed by atoms with Crippen LogP contribution in [0.4, 0.5) is 0 Å². The maximum atomic E-state index is 12.8. The molecule has 0 spiro atoms. The van der Waals surface area contributed by atoms with Crippen LogP contribution in [-0.2, 0) is 27.8 Å². The number of rotatable bonds is 6. The Bertz CT molecular complexity index is 864. The van der Waals surface area contributed by atoms with Gasteiger partial charge in [0.1, 0.15) is 5.82 Å². The zero-order valence-corrected chi connectivity index (χ0v) is 16.4. The maximum Gasteiger partial charge on any atom is 0.243 e. The van der Waals surface area contributed by atoms with Crippen LogP contribution in [0.5, 0.6) is 0 Å². The predicted octanol–water partition coefficient (Wildman–Crippen LogP) is 1.76. The van der Waals surface area contributed by atoms with Crippen molar-refractivity contribution in [2.75, 3.05) is 26.2 Å². The van der Waals surface area contributed by atoms with Gasteiger partial charge in [-0.1, -0.05) is 25.1 Å². The number of hydrogen-bond acceptors (Lipinski definition) is 4.